The van der Waals surface area contributed by atoms with Crippen LogP contribution in [0.15, 0.2) is 78.0 Å². The number of nitrogens with one attached hydrogen (secondary N) is 1. The van der Waals surface area contributed by atoms with Crippen molar-refractivity contribution in [2.45, 2.75) is 25.3 Å². The third-order valence-corrected chi connectivity index (χ3v) is 6.79. The molecule has 36 heavy (non-hydrogen) atoms. The van der Waals surface area contributed by atoms with E-state index in [-0.39, 0.29) is 46.2 Å². The van der Waals surface area contributed by atoms with Crippen molar-refractivity contribution in [3.05, 3.63) is 99.6 Å². The van der Waals surface area contributed by atoms with E-state index in [4.69, 9.17) is 16.7 Å². The number of pyridine rings is 1. The average Bonchev–Trinajstić information content (AvgIpc) is 3.13. The standard InChI is InChI=1S/C25H24ClN5O3S.Na/c1-17-24(20-6-4-3-5-7-20)18(2)31(29-17)22-11-8-19(9-12-22)14-15-27-25(32)30-35(33,34)23-13-10-21(26)16-28-23;/h3-13,16H,14-15H2,1-2H3,(H2,27,30,32);/q;+1/p-1. The quantitative estimate of drug-likeness (QED) is 0.368. The topological polar surface area (TPSA) is 108 Å². The molecule has 0 aliphatic heterocycles. The Kier molecular flexibility index (Phi) is 9.32. The monoisotopic (exact) mass is 531 g/mol. The predicted octanol–water partition coefficient (Wildman–Crippen LogP) is 2.22. The number of benzene rings is 2. The van der Waals surface area contributed by atoms with Crippen molar-refractivity contribution in [1.29, 1.82) is 0 Å². The van der Waals surface area contributed by atoms with Gasteiger partial charge in [0.25, 0.3) is 0 Å². The summed E-state index contributed by atoms with van der Waals surface area (Å²) in [6, 6.07) is 19.6. The summed E-state index contributed by atoms with van der Waals surface area (Å²) >= 11 is 5.71. The number of hydrogen-bond donors (Lipinski definition) is 1. The molecule has 4 rings (SSSR count). The summed E-state index contributed by atoms with van der Waals surface area (Å²) in [5, 5.41) is 7.16. The minimum Gasteiger partial charge on any atom is -0.448 e. The first kappa shape index (κ1) is 27.9. The van der Waals surface area contributed by atoms with Crippen LogP contribution in [0.25, 0.3) is 21.5 Å². The molecule has 4 aromatic rings. The minimum absolute atomic E-state index is 0. The molecule has 0 atom stereocenters. The summed E-state index contributed by atoms with van der Waals surface area (Å²) in [6.07, 6.45) is 1.69. The summed E-state index contributed by atoms with van der Waals surface area (Å²) in [5.74, 6) is 0. The molecular formula is C25H23ClN5NaO3S. The van der Waals surface area contributed by atoms with Gasteiger partial charge in [-0.1, -0.05) is 54.1 Å². The summed E-state index contributed by atoms with van der Waals surface area (Å²) in [4.78, 5) is 15.7. The van der Waals surface area contributed by atoms with E-state index in [9.17, 15) is 13.2 Å². The Balaban J connectivity index is 0.00000361. The van der Waals surface area contributed by atoms with Gasteiger partial charge in [0, 0.05) is 17.5 Å². The van der Waals surface area contributed by atoms with Crippen molar-refractivity contribution in [2.75, 3.05) is 6.54 Å². The maximum atomic E-state index is 12.2. The first-order valence-electron chi connectivity index (χ1n) is 10.8. The zero-order chi connectivity index (χ0) is 25.0. The molecule has 0 bridgehead atoms. The molecule has 2 amide bonds. The fourth-order valence-electron chi connectivity index (χ4n) is 3.74. The van der Waals surface area contributed by atoms with Gasteiger partial charge in [0.15, 0.2) is 11.1 Å². The largest absolute Gasteiger partial charge is 1.00 e. The first-order chi connectivity index (χ1) is 16.7. The molecule has 0 fully saturated rings. The van der Waals surface area contributed by atoms with Gasteiger partial charge in [-0.25, -0.2) is 18.1 Å². The number of hydrogen-bond acceptors (Lipinski definition) is 5. The van der Waals surface area contributed by atoms with Crippen molar-refractivity contribution in [3.8, 4) is 16.8 Å². The number of carbonyl (C=O) groups is 1. The molecule has 180 valence electrons. The van der Waals surface area contributed by atoms with Crippen molar-refractivity contribution in [3.63, 3.8) is 0 Å². The molecule has 2 aromatic carbocycles. The Bertz CT molecular complexity index is 1440. The molecule has 11 heteroatoms. The van der Waals surface area contributed by atoms with Gasteiger partial charge in [0.1, 0.15) is 0 Å². The van der Waals surface area contributed by atoms with Gasteiger partial charge < -0.3 is 10.0 Å². The van der Waals surface area contributed by atoms with E-state index in [2.05, 4.69) is 27.2 Å². The van der Waals surface area contributed by atoms with E-state index in [0.717, 1.165) is 33.8 Å². The Morgan fingerprint density at radius 3 is 2.36 bits per heavy atom. The third kappa shape index (κ3) is 6.54. The Morgan fingerprint density at radius 2 is 1.72 bits per heavy atom. The van der Waals surface area contributed by atoms with Crippen LogP contribution in [0, 0.1) is 13.8 Å². The SMILES string of the molecule is Cc1nn(-c2ccc(CCNC(=O)[N-]S(=O)(=O)c3ccc(Cl)cn3)cc2)c(C)c1-c1ccccc1.[Na+]. The van der Waals surface area contributed by atoms with Crippen molar-refractivity contribution in [1.82, 2.24) is 20.1 Å². The molecule has 0 saturated carbocycles. The van der Waals surface area contributed by atoms with Gasteiger partial charge in [-0.2, -0.15) is 5.10 Å². The van der Waals surface area contributed by atoms with Gasteiger partial charge in [0.05, 0.1) is 16.4 Å². The van der Waals surface area contributed by atoms with Gasteiger partial charge in [-0.15, -0.1) is 0 Å². The van der Waals surface area contributed by atoms with Gasteiger partial charge >= 0.3 is 29.6 Å². The molecule has 0 spiro atoms. The first-order valence-corrected chi connectivity index (χ1v) is 12.6. The summed E-state index contributed by atoms with van der Waals surface area (Å²) in [6.45, 7) is 4.27. The van der Waals surface area contributed by atoms with Crippen LogP contribution >= 0.6 is 11.6 Å². The number of sulfonamides is 1. The molecule has 8 nitrogen and oxygen atoms in total. The van der Waals surface area contributed by atoms with Crippen LogP contribution in [0.5, 0.6) is 0 Å². The Morgan fingerprint density at radius 1 is 1.03 bits per heavy atom. The average molecular weight is 532 g/mol. The summed E-state index contributed by atoms with van der Waals surface area (Å²) in [7, 11) is -4.20. The number of rotatable bonds is 7. The van der Waals surface area contributed by atoms with Crippen LogP contribution in [0.1, 0.15) is 17.0 Å². The molecule has 0 aliphatic carbocycles. The predicted molar refractivity (Wildman–Crippen MR) is 135 cm³/mol. The molecule has 2 aromatic heterocycles. The zero-order valence-corrected chi connectivity index (χ0v) is 23.7. The van der Waals surface area contributed by atoms with E-state index < -0.39 is 16.1 Å². The Labute approximate surface area is 237 Å². The molecule has 2 heterocycles. The zero-order valence-electron chi connectivity index (χ0n) is 20.1. The van der Waals surface area contributed by atoms with Gasteiger partial charge in [0.2, 0.25) is 10.0 Å². The van der Waals surface area contributed by atoms with E-state index in [1.165, 1.54) is 18.3 Å². The van der Waals surface area contributed by atoms with Crippen LogP contribution in [0.2, 0.25) is 5.02 Å². The minimum atomic E-state index is -4.20. The number of aryl methyl sites for hydroxylation is 1. The van der Waals surface area contributed by atoms with E-state index in [1.807, 2.05) is 61.0 Å². The molecule has 0 unspecified atom stereocenters. The number of carbonyl (C=O) groups excluding carboxylic acids is 1. The maximum absolute atomic E-state index is 12.2. The van der Waals surface area contributed by atoms with Crippen LogP contribution < -0.4 is 34.9 Å². The second-order valence-corrected chi connectivity index (χ2v) is 9.84. The second kappa shape index (κ2) is 12.0. The summed E-state index contributed by atoms with van der Waals surface area (Å²) < 4.78 is 29.5. The number of amides is 2. The Hall–Kier alpha value is -2.69. The van der Waals surface area contributed by atoms with E-state index >= 15 is 0 Å². The maximum Gasteiger partial charge on any atom is 1.00 e. The normalized spacial score (nSPS) is 11.0. The third-order valence-electron chi connectivity index (χ3n) is 5.39. The fourth-order valence-corrected chi connectivity index (χ4v) is 4.65. The number of urea groups is 1. The second-order valence-electron chi connectivity index (χ2n) is 7.85. The van der Waals surface area contributed by atoms with Gasteiger partial charge in [-0.3, -0.25) is 4.79 Å². The number of nitrogens with zero attached hydrogens (tertiary/aromatic N) is 4. The molecule has 1 N–H and O–H groups in total. The molecular weight excluding hydrogens is 509 g/mol. The summed E-state index contributed by atoms with van der Waals surface area (Å²) in [5.41, 5.74) is 6.14. The smallest absolute Gasteiger partial charge is 0.448 e. The number of aromatic nitrogens is 3. The van der Waals surface area contributed by atoms with E-state index in [0.29, 0.717) is 6.42 Å². The van der Waals surface area contributed by atoms with Gasteiger partial charge in [-0.05, 0) is 62.2 Å². The van der Waals surface area contributed by atoms with Crippen molar-refractivity contribution < 1.29 is 42.8 Å². The van der Waals surface area contributed by atoms with Crippen LogP contribution in [0.4, 0.5) is 4.79 Å². The van der Waals surface area contributed by atoms with Crippen molar-refractivity contribution >= 4 is 27.7 Å². The molecule has 0 radical (unpaired) electrons. The van der Waals surface area contributed by atoms with Crippen LogP contribution in [0.3, 0.4) is 0 Å². The van der Waals surface area contributed by atoms with E-state index in [1.54, 1.807) is 0 Å². The molecule has 0 aliphatic rings. The van der Waals surface area contributed by atoms with Crippen molar-refractivity contribution in [2.24, 2.45) is 0 Å². The van der Waals surface area contributed by atoms with Crippen LogP contribution in [-0.4, -0.2) is 35.8 Å². The van der Waals surface area contributed by atoms with Crippen LogP contribution in [-0.2, 0) is 16.4 Å². The number of halogens is 1. The molecule has 0 saturated heterocycles. The fraction of sp³-hybridized carbons (Fsp3) is 0.160.